The molecule has 0 bridgehead atoms. The van der Waals surface area contributed by atoms with Gasteiger partial charge in [-0.05, 0) is 69.2 Å². The summed E-state index contributed by atoms with van der Waals surface area (Å²) in [6.07, 6.45) is 7.83. The Morgan fingerprint density at radius 2 is 2.09 bits per heavy atom. The molecule has 1 fully saturated rings. The molecule has 0 aromatic heterocycles. The molecular formula is C19H28N2O. The minimum Gasteiger partial charge on any atom is -0.374 e. The number of anilines is 1. The Balaban J connectivity index is 1.65. The monoisotopic (exact) mass is 300 g/mol. The number of carbonyl (C=O) groups is 1. The predicted molar refractivity (Wildman–Crippen MR) is 91.8 cm³/mol. The van der Waals surface area contributed by atoms with Gasteiger partial charge in [-0.15, -0.1) is 0 Å². The van der Waals surface area contributed by atoms with Gasteiger partial charge in [0.25, 0.3) is 0 Å². The Bertz CT molecular complexity index is 520. The smallest absolute Gasteiger partial charge is 0.162 e. The van der Waals surface area contributed by atoms with Crippen LogP contribution in [-0.4, -0.2) is 32.5 Å². The first-order chi connectivity index (χ1) is 10.7. The summed E-state index contributed by atoms with van der Waals surface area (Å²) < 4.78 is 0. The molecule has 0 radical (unpaired) electrons. The highest BCUT2D eigenvalue weighted by atomic mass is 16.1. The molecule has 0 unspecified atom stereocenters. The summed E-state index contributed by atoms with van der Waals surface area (Å²) in [5, 5.41) is 3.39. The number of hydrogen-bond acceptors (Lipinski definition) is 3. The van der Waals surface area contributed by atoms with Crippen molar-refractivity contribution >= 4 is 11.5 Å². The highest BCUT2D eigenvalue weighted by Gasteiger charge is 2.17. The Kier molecular flexibility index (Phi) is 5.14. The lowest BCUT2D eigenvalue weighted by molar-refractivity contribution is 0.0971. The second-order valence-electron chi connectivity index (χ2n) is 6.88. The van der Waals surface area contributed by atoms with Crippen LogP contribution in [0.3, 0.4) is 0 Å². The molecule has 1 aromatic carbocycles. The van der Waals surface area contributed by atoms with Crippen LogP contribution in [-0.2, 0) is 6.42 Å². The Morgan fingerprint density at radius 1 is 1.27 bits per heavy atom. The van der Waals surface area contributed by atoms with Crippen molar-refractivity contribution in [2.24, 2.45) is 5.92 Å². The average molecular weight is 300 g/mol. The van der Waals surface area contributed by atoms with Crippen LogP contribution in [0.25, 0.3) is 0 Å². The van der Waals surface area contributed by atoms with E-state index in [0.717, 1.165) is 44.0 Å². The van der Waals surface area contributed by atoms with E-state index in [2.05, 4.69) is 29.4 Å². The number of carbonyl (C=O) groups excluding carboxylic acids is 1. The number of Topliss-reactive ketones (excluding diaryl/α,β-unsaturated/α-hetero) is 1. The zero-order valence-electron chi connectivity index (χ0n) is 13.7. The van der Waals surface area contributed by atoms with Crippen molar-refractivity contribution < 1.29 is 4.79 Å². The van der Waals surface area contributed by atoms with Crippen LogP contribution in [0.15, 0.2) is 18.2 Å². The van der Waals surface area contributed by atoms with E-state index in [1.165, 1.54) is 36.9 Å². The molecule has 1 aromatic rings. The first kappa shape index (κ1) is 15.5. The van der Waals surface area contributed by atoms with Gasteiger partial charge >= 0.3 is 0 Å². The van der Waals surface area contributed by atoms with Gasteiger partial charge in [-0.1, -0.05) is 12.1 Å². The molecule has 22 heavy (non-hydrogen) atoms. The summed E-state index contributed by atoms with van der Waals surface area (Å²) in [5.41, 5.74) is 3.57. The molecule has 2 aliphatic rings. The Hall–Kier alpha value is -1.35. The molecule has 0 amide bonds. The maximum absolute atomic E-state index is 12.5. The van der Waals surface area contributed by atoms with Gasteiger partial charge < -0.3 is 10.2 Å². The normalized spacial score (nSPS) is 19.6. The standard InChI is InChI=1S/C19H28N2O/c1-21-13-3-2-4-16-6-7-17(14-18(16)21)19(22)8-5-15-9-11-20-12-10-15/h6-7,14-15,20H,2-5,8-13H2,1H3. The van der Waals surface area contributed by atoms with Gasteiger partial charge in [-0.2, -0.15) is 0 Å². The van der Waals surface area contributed by atoms with E-state index in [-0.39, 0.29) is 0 Å². The predicted octanol–water partition coefficient (Wildman–Crippen LogP) is 3.42. The van der Waals surface area contributed by atoms with Crippen LogP contribution in [0.2, 0.25) is 0 Å². The van der Waals surface area contributed by atoms with Crippen LogP contribution in [0, 0.1) is 5.92 Å². The summed E-state index contributed by atoms with van der Waals surface area (Å²) >= 11 is 0. The number of nitrogens with zero attached hydrogens (tertiary/aromatic N) is 1. The summed E-state index contributed by atoms with van der Waals surface area (Å²) in [6, 6.07) is 6.35. The van der Waals surface area contributed by atoms with Gasteiger partial charge in [0.15, 0.2) is 5.78 Å². The summed E-state index contributed by atoms with van der Waals surface area (Å²) in [6.45, 7) is 3.32. The molecule has 3 rings (SSSR count). The zero-order valence-corrected chi connectivity index (χ0v) is 13.7. The van der Waals surface area contributed by atoms with Crippen molar-refractivity contribution in [2.75, 3.05) is 31.6 Å². The lowest BCUT2D eigenvalue weighted by Crippen LogP contribution is -2.28. The fourth-order valence-corrected chi connectivity index (χ4v) is 3.74. The quantitative estimate of drug-likeness (QED) is 0.865. The fourth-order valence-electron chi connectivity index (χ4n) is 3.74. The molecule has 0 aliphatic carbocycles. The van der Waals surface area contributed by atoms with E-state index in [1.807, 2.05) is 6.07 Å². The van der Waals surface area contributed by atoms with Crippen LogP contribution in [0.4, 0.5) is 5.69 Å². The molecule has 120 valence electrons. The zero-order chi connectivity index (χ0) is 15.4. The molecule has 1 saturated heterocycles. The Labute approximate surface area is 134 Å². The number of benzene rings is 1. The van der Waals surface area contributed by atoms with Crippen LogP contribution in [0.5, 0.6) is 0 Å². The molecule has 3 nitrogen and oxygen atoms in total. The molecule has 0 spiro atoms. The summed E-state index contributed by atoms with van der Waals surface area (Å²) in [5.74, 6) is 1.05. The lowest BCUT2D eigenvalue weighted by atomic mass is 9.91. The molecule has 0 atom stereocenters. The second-order valence-corrected chi connectivity index (χ2v) is 6.88. The number of piperidine rings is 1. The molecule has 0 saturated carbocycles. The highest BCUT2D eigenvalue weighted by Crippen LogP contribution is 2.27. The van der Waals surface area contributed by atoms with E-state index >= 15 is 0 Å². The molecule has 3 heteroatoms. The first-order valence-electron chi connectivity index (χ1n) is 8.82. The van der Waals surface area contributed by atoms with Gasteiger partial charge in [-0.25, -0.2) is 0 Å². The van der Waals surface area contributed by atoms with Crippen molar-refractivity contribution in [1.29, 1.82) is 0 Å². The van der Waals surface area contributed by atoms with Crippen molar-refractivity contribution in [1.82, 2.24) is 5.32 Å². The van der Waals surface area contributed by atoms with Gasteiger partial charge in [0, 0.05) is 31.3 Å². The number of fused-ring (bicyclic) bond motifs is 1. The molecule has 1 N–H and O–H groups in total. The summed E-state index contributed by atoms with van der Waals surface area (Å²) in [7, 11) is 2.15. The molecular weight excluding hydrogens is 272 g/mol. The van der Waals surface area contributed by atoms with Crippen molar-refractivity contribution in [3.05, 3.63) is 29.3 Å². The van der Waals surface area contributed by atoms with Crippen molar-refractivity contribution in [3.8, 4) is 0 Å². The number of hydrogen-bond donors (Lipinski definition) is 1. The molecule has 2 aliphatic heterocycles. The highest BCUT2D eigenvalue weighted by molar-refractivity contribution is 5.97. The van der Waals surface area contributed by atoms with Gasteiger partial charge in [0.05, 0.1) is 0 Å². The molecule has 2 heterocycles. The second kappa shape index (κ2) is 7.28. The summed E-state index contributed by atoms with van der Waals surface area (Å²) in [4.78, 5) is 14.8. The third kappa shape index (κ3) is 3.70. The van der Waals surface area contributed by atoms with E-state index in [1.54, 1.807) is 0 Å². The SMILES string of the molecule is CN1CCCCc2ccc(C(=O)CCC3CCNCC3)cc21. The lowest BCUT2D eigenvalue weighted by Gasteiger charge is -2.22. The van der Waals surface area contributed by atoms with Crippen LogP contribution >= 0.6 is 0 Å². The van der Waals surface area contributed by atoms with E-state index < -0.39 is 0 Å². The number of aryl methyl sites for hydroxylation is 1. The number of nitrogens with one attached hydrogen (secondary N) is 1. The maximum Gasteiger partial charge on any atom is 0.162 e. The van der Waals surface area contributed by atoms with Crippen LogP contribution < -0.4 is 10.2 Å². The third-order valence-electron chi connectivity index (χ3n) is 5.25. The fraction of sp³-hybridized carbons (Fsp3) is 0.632. The van der Waals surface area contributed by atoms with Gasteiger partial charge in [0.2, 0.25) is 0 Å². The van der Waals surface area contributed by atoms with Crippen LogP contribution in [0.1, 0.15) is 54.4 Å². The minimum absolute atomic E-state index is 0.318. The van der Waals surface area contributed by atoms with E-state index in [0.29, 0.717) is 12.2 Å². The van der Waals surface area contributed by atoms with Gasteiger partial charge in [-0.3, -0.25) is 4.79 Å². The third-order valence-corrected chi connectivity index (χ3v) is 5.25. The first-order valence-corrected chi connectivity index (χ1v) is 8.82. The topological polar surface area (TPSA) is 32.3 Å². The van der Waals surface area contributed by atoms with E-state index in [9.17, 15) is 4.79 Å². The number of ketones is 1. The van der Waals surface area contributed by atoms with Crippen molar-refractivity contribution in [3.63, 3.8) is 0 Å². The van der Waals surface area contributed by atoms with Crippen molar-refractivity contribution in [2.45, 2.75) is 44.9 Å². The van der Waals surface area contributed by atoms with E-state index in [4.69, 9.17) is 0 Å². The average Bonchev–Trinajstić information content (AvgIpc) is 2.75. The minimum atomic E-state index is 0.318. The maximum atomic E-state index is 12.5. The number of rotatable bonds is 4. The van der Waals surface area contributed by atoms with Gasteiger partial charge in [0.1, 0.15) is 0 Å². The largest absolute Gasteiger partial charge is 0.374 e. The Morgan fingerprint density at radius 3 is 2.91 bits per heavy atom.